The number of aromatic nitrogens is 2. The number of amides is 2. The van der Waals surface area contributed by atoms with Gasteiger partial charge in [-0.05, 0) is 38.1 Å². The van der Waals surface area contributed by atoms with E-state index in [0.29, 0.717) is 29.5 Å². The van der Waals surface area contributed by atoms with Crippen LogP contribution < -0.4 is 10.2 Å². The molecule has 7 heteroatoms. The summed E-state index contributed by atoms with van der Waals surface area (Å²) in [7, 11) is 0. The van der Waals surface area contributed by atoms with E-state index in [-0.39, 0.29) is 11.8 Å². The van der Waals surface area contributed by atoms with Crippen molar-refractivity contribution in [2.24, 2.45) is 0 Å². The second kappa shape index (κ2) is 6.04. The fourth-order valence-corrected chi connectivity index (χ4v) is 2.78. The van der Waals surface area contributed by atoms with Gasteiger partial charge in [-0.3, -0.25) is 14.5 Å². The molecular formula is C16H17ClN4O2. The van der Waals surface area contributed by atoms with Gasteiger partial charge in [0.1, 0.15) is 11.9 Å². The fourth-order valence-electron chi connectivity index (χ4n) is 2.65. The highest BCUT2D eigenvalue weighted by molar-refractivity contribution is 6.30. The van der Waals surface area contributed by atoms with Crippen LogP contribution in [0.3, 0.4) is 0 Å². The van der Waals surface area contributed by atoms with Gasteiger partial charge in [-0.25, -0.2) is 4.68 Å². The molecule has 3 rings (SSSR count). The van der Waals surface area contributed by atoms with Gasteiger partial charge in [0.05, 0.1) is 12.2 Å². The van der Waals surface area contributed by atoms with E-state index in [1.165, 1.54) is 4.90 Å². The Kier molecular flexibility index (Phi) is 4.09. The lowest BCUT2D eigenvalue weighted by molar-refractivity contribution is -0.124. The van der Waals surface area contributed by atoms with Crippen LogP contribution in [-0.4, -0.2) is 27.6 Å². The predicted octanol–water partition coefficient (Wildman–Crippen LogP) is 2.61. The minimum atomic E-state index is -0.631. The highest BCUT2D eigenvalue weighted by atomic mass is 35.5. The Hall–Kier alpha value is -2.34. The van der Waals surface area contributed by atoms with Crippen molar-refractivity contribution in [1.29, 1.82) is 0 Å². The van der Waals surface area contributed by atoms with Crippen LogP contribution in [0.25, 0.3) is 0 Å². The van der Waals surface area contributed by atoms with E-state index in [2.05, 4.69) is 10.4 Å². The van der Waals surface area contributed by atoms with Gasteiger partial charge in [0.15, 0.2) is 0 Å². The zero-order valence-corrected chi connectivity index (χ0v) is 13.7. The molecule has 1 aliphatic rings. The smallest absolute Gasteiger partial charge is 0.247 e. The number of nitrogens with zero attached hydrogens (tertiary/aromatic N) is 3. The molecule has 0 spiro atoms. The second-order valence-electron chi connectivity index (χ2n) is 5.55. The normalized spacial score (nSPS) is 15.3. The number of anilines is 2. The van der Waals surface area contributed by atoms with Crippen LogP contribution in [0.2, 0.25) is 5.02 Å². The Labute approximate surface area is 139 Å². The highest BCUT2D eigenvalue weighted by Gasteiger charge is 2.33. The molecule has 0 unspecified atom stereocenters. The Balaban J connectivity index is 1.81. The van der Waals surface area contributed by atoms with Gasteiger partial charge < -0.3 is 5.32 Å². The largest absolute Gasteiger partial charge is 0.324 e. The first-order chi connectivity index (χ1) is 11.0. The van der Waals surface area contributed by atoms with E-state index in [9.17, 15) is 9.59 Å². The number of benzene rings is 1. The Morgan fingerprint density at radius 1 is 1.35 bits per heavy atom. The van der Waals surface area contributed by atoms with Crippen LogP contribution >= 0.6 is 11.6 Å². The number of halogens is 1. The summed E-state index contributed by atoms with van der Waals surface area (Å²) in [4.78, 5) is 26.3. The Morgan fingerprint density at radius 3 is 2.74 bits per heavy atom. The van der Waals surface area contributed by atoms with Gasteiger partial charge in [-0.2, -0.15) is 5.10 Å². The van der Waals surface area contributed by atoms with Crippen LogP contribution in [0.4, 0.5) is 11.5 Å². The molecule has 1 atom stereocenters. The van der Waals surface area contributed by atoms with Crippen molar-refractivity contribution in [3.8, 4) is 0 Å². The van der Waals surface area contributed by atoms with Crippen LogP contribution in [0, 0.1) is 6.92 Å². The zero-order chi connectivity index (χ0) is 16.6. The lowest BCUT2D eigenvalue weighted by Gasteiger charge is -2.31. The molecule has 1 N–H and O–H groups in total. The van der Waals surface area contributed by atoms with Crippen molar-refractivity contribution in [3.63, 3.8) is 0 Å². The van der Waals surface area contributed by atoms with Crippen molar-refractivity contribution >= 4 is 34.9 Å². The second-order valence-corrected chi connectivity index (χ2v) is 5.99. The van der Waals surface area contributed by atoms with Gasteiger partial charge >= 0.3 is 0 Å². The predicted molar refractivity (Wildman–Crippen MR) is 88.6 cm³/mol. The van der Waals surface area contributed by atoms with Gasteiger partial charge in [0, 0.05) is 23.2 Å². The van der Waals surface area contributed by atoms with E-state index in [1.54, 1.807) is 35.9 Å². The molecule has 0 saturated carbocycles. The molecule has 120 valence electrons. The van der Waals surface area contributed by atoms with Gasteiger partial charge in [-0.15, -0.1) is 0 Å². The van der Waals surface area contributed by atoms with Gasteiger partial charge in [-0.1, -0.05) is 11.6 Å². The van der Waals surface area contributed by atoms with Crippen LogP contribution in [-0.2, 0) is 16.1 Å². The summed E-state index contributed by atoms with van der Waals surface area (Å²) in [5.74, 6) is 0.335. The van der Waals surface area contributed by atoms with Crippen molar-refractivity contribution < 1.29 is 9.59 Å². The van der Waals surface area contributed by atoms with Crippen LogP contribution in [0.1, 0.15) is 19.0 Å². The van der Waals surface area contributed by atoms with E-state index in [1.807, 2.05) is 13.0 Å². The van der Waals surface area contributed by atoms with Crippen molar-refractivity contribution in [1.82, 2.24) is 9.78 Å². The number of hydrogen-bond donors (Lipinski definition) is 1. The molecule has 1 aromatic heterocycles. The molecule has 0 aliphatic carbocycles. The van der Waals surface area contributed by atoms with Crippen molar-refractivity contribution in [2.75, 3.05) is 10.2 Å². The van der Waals surface area contributed by atoms with Gasteiger partial charge in [0.2, 0.25) is 11.8 Å². The average Bonchev–Trinajstić information content (AvgIpc) is 2.89. The molecule has 6 nitrogen and oxygen atoms in total. The quantitative estimate of drug-likeness (QED) is 0.939. The van der Waals surface area contributed by atoms with E-state index in [4.69, 9.17) is 11.6 Å². The standard InChI is InChI=1S/C16H17ClN4O2/c1-10-9-14-20(19-10)8-7-15(22)21(14)11(2)16(23)18-13-5-3-12(17)4-6-13/h3-6,9,11H,7-8H2,1-2H3,(H,18,23)/t11-/m1/s1. The summed E-state index contributed by atoms with van der Waals surface area (Å²) < 4.78 is 1.77. The average molecular weight is 333 g/mol. The van der Waals surface area contributed by atoms with Gasteiger partial charge in [0.25, 0.3) is 0 Å². The summed E-state index contributed by atoms with van der Waals surface area (Å²) in [6.07, 6.45) is 0.340. The molecule has 2 heterocycles. The maximum Gasteiger partial charge on any atom is 0.247 e. The molecule has 0 fully saturated rings. The lowest BCUT2D eigenvalue weighted by Crippen LogP contribution is -2.49. The van der Waals surface area contributed by atoms with E-state index < -0.39 is 6.04 Å². The first-order valence-corrected chi connectivity index (χ1v) is 7.76. The molecule has 1 aliphatic heterocycles. The summed E-state index contributed by atoms with van der Waals surface area (Å²) in [5.41, 5.74) is 1.46. The Morgan fingerprint density at radius 2 is 2.04 bits per heavy atom. The highest BCUT2D eigenvalue weighted by Crippen LogP contribution is 2.25. The first kappa shape index (κ1) is 15.6. The molecular weight excluding hydrogens is 316 g/mol. The molecule has 0 saturated heterocycles. The molecule has 2 aromatic rings. The molecule has 23 heavy (non-hydrogen) atoms. The van der Waals surface area contributed by atoms with E-state index in [0.717, 1.165) is 5.69 Å². The third-order valence-electron chi connectivity index (χ3n) is 3.81. The maximum absolute atomic E-state index is 12.5. The number of carbonyl (C=O) groups is 2. The third kappa shape index (κ3) is 3.07. The summed E-state index contributed by atoms with van der Waals surface area (Å²) >= 11 is 5.83. The van der Waals surface area contributed by atoms with E-state index >= 15 is 0 Å². The SMILES string of the molecule is Cc1cc2n(n1)CCC(=O)N2[C@H](C)C(=O)Nc1ccc(Cl)cc1. The minimum absolute atomic E-state index is 0.0730. The summed E-state index contributed by atoms with van der Waals surface area (Å²) in [5, 5.41) is 7.75. The molecule has 0 bridgehead atoms. The van der Waals surface area contributed by atoms with Crippen LogP contribution in [0.5, 0.6) is 0 Å². The number of carbonyl (C=O) groups excluding carboxylic acids is 2. The number of aryl methyl sites for hydroxylation is 2. The number of nitrogens with one attached hydrogen (secondary N) is 1. The fraction of sp³-hybridized carbons (Fsp3) is 0.312. The number of hydrogen-bond acceptors (Lipinski definition) is 3. The number of rotatable bonds is 3. The van der Waals surface area contributed by atoms with Crippen LogP contribution in [0.15, 0.2) is 30.3 Å². The molecule has 1 aromatic carbocycles. The Bertz CT molecular complexity index is 754. The topological polar surface area (TPSA) is 67.2 Å². The first-order valence-electron chi connectivity index (χ1n) is 7.38. The zero-order valence-electron chi connectivity index (χ0n) is 12.9. The summed E-state index contributed by atoms with van der Waals surface area (Å²) in [6.45, 7) is 4.12. The molecule has 2 amide bonds. The minimum Gasteiger partial charge on any atom is -0.324 e. The van der Waals surface area contributed by atoms with Crippen molar-refractivity contribution in [2.45, 2.75) is 32.9 Å². The third-order valence-corrected chi connectivity index (χ3v) is 4.06. The maximum atomic E-state index is 12.5. The summed E-state index contributed by atoms with van der Waals surface area (Å²) in [6, 6.07) is 8.04. The number of fused-ring (bicyclic) bond motifs is 1. The van der Waals surface area contributed by atoms with Crippen molar-refractivity contribution in [3.05, 3.63) is 41.0 Å². The lowest BCUT2D eigenvalue weighted by atomic mass is 10.2. The molecule has 0 radical (unpaired) electrons. The monoisotopic (exact) mass is 332 g/mol.